The highest BCUT2D eigenvalue weighted by Gasteiger charge is 2.23. The first-order chi connectivity index (χ1) is 17.4. The van der Waals surface area contributed by atoms with E-state index in [4.69, 9.17) is 18.9 Å². The number of nitrogens with zero attached hydrogens (tertiary/aromatic N) is 2. The van der Waals surface area contributed by atoms with Crippen molar-refractivity contribution in [2.75, 3.05) is 14.2 Å². The van der Waals surface area contributed by atoms with Crippen LogP contribution in [0.2, 0.25) is 0 Å². The van der Waals surface area contributed by atoms with E-state index in [1.807, 2.05) is 38.1 Å². The standard InChI is InChI=1S/C27H29N3O5S/c1-5-24(25(31)28-15-18-10-8-17(2)9-11-18)36-27-29-21-14-23(34-4)22(33-3)13-20(21)26(32)30(27)16-19-7-6-12-35-19/h6-14,24H,5,15-16H2,1-4H3,(H,28,31). The zero-order valence-electron chi connectivity index (χ0n) is 20.7. The lowest BCUT2D eigenvalue weighted by molar-refractivity contribution is -0.120. The number of fused-ring (bicyclic) bond motifs is 1. The van der Waals surface area contributed by atoms with Crippen LogP contribution in [0.3, 0.4) is 0 Å². The second kappa shape index (κ2) is 11.3. The lowest BCUT2D eigenvalue weighted by Crippen LogP contribution is -2.33. The Morgan fingerprint density at radius 1 is 1.14 bits per heavy atom. The maximum Gasteiger partial charge on any atom is 0.262 e. The van der Waals surface area contributed by atoms with E-state index >= 15 is 0 Å². The van der Waals surface area contributed by atoms with Crippen LogP contribution >= 0.6 is 11.8 Å². The Kier molecular flexibility index (Phi) is 8.00. The van der Waals surface area contributed by atoms with Crippen LogP contribution in [0.15, 0.2) is 69.2 Å². The van der Waals surface area contributed by atoms with Gasteiger partial charge in [-0.2, -0.15) is 0 Å². The van der Waals surface area contributed by atoms with Crippen LogP contribution in [-0.2, 0) is 17.9 Å². The van der Waals surface area contributed by atoms with Gasteiger partial charge >= 0.3 is 0 Å². The van der Waals surface area contributed by atoms with Gasteiger partial charge in [-0.15, -0.1) is 0 Å². The first kappa shape index (κ1) is 25.4. The SMILES string of the molecule is CCC(Sc1nc2cc(OC)c(OC)cc2c(=O)n1Cc1ccco1)C(=O)NCc1ccc(C)cc1. The minimum Gasteiger partial charge on any atom is -0.493 e. The number of hydrogen-bond donors (Lipinski definition) is 1. The molecule has 0 saturated heterocycles. The van der Waals surface area contributed by atoms with Gasteiger partial charge in [0.2, 0.25) is 5.91 Å². The van der Waals surface area contributed by atoms with Gasteiger partial charge in [0.15, 0.2) is 16.7 Å². The average Bonchev–Trinajstić information content (AvgIpc) is 3.41. The fourth-order valence-corrected chi connectivity index (χ4v) is 4.81. The van der Waals surface area contributed by atoms with Crippen molar-refractivity contribution in [1.82, 2.24) is 14.9 Å². The molecular weight excluding hydrogens is 478 g/mol. The molecule has 0 aliphatic heterocycles. The average molecular weight is 508 g/mol. The van der Waals surface area contributed by atoms with Gasteiger partial charge in [0, 0.05) is 12.6 Å². The Labute approximate surface area is 213 Å². The molecule has 9 heteroatoms. The van der Waals surface area contributed by atoms with Crippen molar-refractivity contribution in [3.05, 3.63) is 82.0 Å². The molecule has 1 atom stereocenters. The molecule has 2 aromatic heterocycles. The second-order valence-corrected chi connectivity index (χ2v) is 9.48. The number of hydrogen-bond acceptors (Lipinski definition) is 7. The molecule has 4 aromatic rings. The third kappa shape index (κ3) is 5.57. The zero-order chi connectivity index (χ0) is 25.7. The van der Waals surface area contributed by atoms with Crippen molar-refractivity contribution in [3.8, 4) is 11.5 Å². The van der Waals surface area contributed by atoms with Crippen LogP contribution < -0.4 is 20.3 Å². The van der Waals surface area contributed by atoms with Gasteiger partial charge in [0.1, 0.15) is 5.76 Å². The number of thioether (sulfide) groups is 1. The highest BCUT2D eigenvalue weighted by molar-refractivity contribution is 8.00. The molecule has 8 nitrogen and oxygen atoms in total. The number of benzene rings is 2. The largest absolute Gasteiger partial charge is 0.493 e. The summed E-state index contributed by atoms with van der Waals surface area (Å²) < 4.78 is 17.8. The lowest BCUT2D eigenvalue weighted by Gasteiger charge is -2.18. The van der Waals surface area contributed by atoms with E-state index in [-0.39, 0.29) is 18.0 Å². The zero-order valence-corrected chi connectivity index (χ0v) is 21.6. The molecule has 0 fully saturated rings. The Balaban J connectivity index is 1.68. The van der Waals surface area contributed by atoms with E-state index in [9.17, 15) is 9.59 Å². The molecule has 1 N–H and O–H groups in total. The number of nitrogens with one attached hydrogen (secondary N) is 1. The summed E-state index contributed by atoms with van der Waals surface area (Å²) >= 11 is 1.26. The van der Waals surface area contributed by atoms with Gasteiger partial charge in [-0.05, 0) is 37.1 Å². The van der Waals surface area contributed by atoms with Gasteiger partial charge < -0.3 is 19.2 Å². The van der Waals surface area contributed by atoms with Crippen molar-refractivity contribution in [2.24, 2.45) is 0 Å². The van der Waals surface area contributed by atoms with E-state index < -0.39 is 5.25 Å². The van der Waals surface area contributed by atoms with Crippen molar-refractivity contribution < 1.29 is 18.7 Å². The summed E-state index contributed by atoms with van der Waals surface area (Å²) in [5, 5.41) is 3.38. The molecule has 0 aliphatic carbocycles. The number of rotatable bonds is 10. The van der Waals surface area contributed by atoms with Crippen LogP contribution in [0.4, 0.5) is 0 Å². The van der Waals surface area contributed by atoms with Gasteiger partial charge in [-0.3, -0.25) is 14.2 Å². The summed E-state index contributed by atoms with van der Waals surface area (Å²) in [6, 6.07) is 14.9. The molecule has 0 aliphatic rings. The van der Waals surface area contributed by atoms with Crippen molar-refractivity contribution in [1.29, 1.82) is 0 Å². The van der Waals surface area contributed by atoms with E-state index in [0.717, 1.165) is 5.56 Å². The first-order valence-electron chi connectivity index (χ1n) is 11.6. The third-order valence-corrected chi connectivity index (χ3v) is 7.17. The van der Waals surface area contributed by atoms with E-state index in [1.54, 1.807) is 30.5 Å². The summed E-state index contributed by atoms with van der Waals surface area (Å²) in [5.74, 6) is 1.40. The second-order valence-electron chi connectivity index (χ2n) is 8.31. The number of carbonyl (C=O) groups is 1. The Bertz CT molecular complexity index is 1400. The molecule has 0 spiro atoms. The molecule has 2 aromatic carbocycles. The number of amides is 1. The lowest BCUT2D eigenvalue weighted by atomic mass is 10.1. The Hall–Kier alpha value is -3.72. The monoisotopic (exact) mass is 507 g/mol. The smallest absolute Gasteiger partial charge is 0.262 e. The molecule has 0 saturated carbocycles. The van der Waals surface area contributed by atoms with Gasteiger partial charge in [0.05, 0.1) is 43.2 Å². The number of aromatic nitrogens is 2. The number of carbonyl (C=O) groups excluding carboxylic acids is 1. The summed E-state index contributed by atoms with van der Waals surface area (Å²) in [7, 11) is 3.05. The van der Waals surface area contributed by atoms with Gasteiger partial charge in [0.25, 0.3) is 5.56 Å². The molecule has 1 unspecified atom stereocenters. The Morgan fingerprint density at radius 2 is 1.86 bits per heavy atom. The maximum absolute atomic E-state index is 13.6. The molecule has 36 heavy (non-hydrogen) atoms. The topological polar surface area (TPSA) is 95.6 Å². The molecular formula is C27H29N3O5S. The van der Waals surface area contributed by atoms with Gasteiger partial charge in [-0.25, -0.2) is 4.98 Å². The van der Waals surface area contributed by atoms with Crippen LogP contribution in [0.1, 0.15) is 30.2 Å². The van der Waals surface area contributed by atoms with E-state index in [1.165, 1.54) is 36.1 Å². The van der Waals surface area contributed by atoms with Crippen LogP contribution in [0, 0.1) is 6.92 Å². The fourth-order valence-electron chi connectivity index (χ4n) is 3.77. The summed E-state index contributed by atoms with van der Waals surface area (Å²) in [6.45, 7) is 4.58. The van der Waals surface area contributed by atoms with E-state index in [2.05, 4.69) is 5.32 Å². The van der Waals surface area contributed by atoms with Gasteiger partial charge in [-0.1, -0.05) is 48.5 Å². The minimum atomic E-state index is -0.442. The normalized spacial score (nSPS) is 11.9. The molecule has 188 valence electrons. The van der Waals surface area contributed by atoms with E-state index in [0.29, 0.717) is 46.3 Å². The van der Waals surface area contributed by atoms with Crippen LogP contribution in [0.5, 0.6) is 11.5 Å². The number of methoxy groups -OCH3 is 2. The number of aryl methyl sites for hydroxylation is 1. The Morgan fingerprint density at radius 3 is 2.50 bits per heavy atom. The third-order valence-electron chi connectivity index (χ3n) is 5.82. The van der Waals surface area contributed by atoms with Crippen molar-refractivity contribution in [3.63, 3.8) is 0 Å². The number of ether oxygens (including phenoxy) is 2. The molecule has 1 amide bonds. The molecule has 2 heterocycles. The quantitative estimate of drug-likeness (QED) is 0.248. The van der Waals surface area contributed by atoms with Crippen LogP contribution in [0.25, 0.3) is 10.9 Å². The molecule has 4 rings (SSSR count). The predicted molar refractivity (Wildman–Crippen MR) is 140 cm³/mol. The fraction of sp³-hybridized carbons (Fsp3) is 0.296. The maximum atomic E-state index is 13.6. The summed E-state index contributed by atoms with van der Waals surface area (Å²) in [6.07, 6.45) is 2.12. The number of furan rings is 1. The van der Waals surface area contributed by atoms with Crippen molar-refractivity contribution >= 4 is 28.6 Å². The van der Waals surface area contributed by atoms with Crippen molar-refractivity contribution in [2.45, 2.75) is 43.8 Å². The van der Waals surface area contributed by atoms with Crippen LogP contribution in [-0.4, -0.2) is 34.9 Å². The predicted octanol–water partition coefficient (Wildman–Crippen LogP) is 4.55. The highest BCUT2D eigenvalue weighted by atomic mass is 32.2. The minimum absolute atomic E-state index is 0.116. The highest BCUT2D eigenvalue weighted by Crippen LogP contribution is 2.32. The molecule has 0 bridgehead atoms. The summed E-state index contributed by atoms with van der Waals surface area (Å²) in [5.41, 5.74) is 2.40. The summed E-state index contributed by atoms with van der Waals surface area (Å²) in [4.78, 5) is 31.4. The molecule has 0 radical (unpaired) electrons. The first-order valence-corrected chi connectivity index (χ1v) is 12.5.